The van der Waals surface area contributed by atoms with E-state index in [1.165, 1.54) is 12.8 Å². The molecule has 1 amide bonds. The fraction of sp³-hybridized carbons (Fsp3) is 0.700. The number of nitrogens with zero attached hydrogens (tertiary/aromatic N) is 4. The first-order valence-electron chi connectivity index (χ1n) is 10.3. The minimum absolute atomic E-state index is 0.132. The first kappa shape index (κ1) is 20.0. The normalized spacial score (nSPS) is 22.0. The highest BCUT2D eigenvalue weighted by Gasteiger charge is 2.25. The van der Waals surface area contributed by atoms with Gasteiger partial charge in [-0.25, -0.2) is 4.98 Å². The lowest BCUT2D eigenvalue weighted by Gasteiger charge is -2.39. The van der Waals surface area contributed by atoms with Gasteiger partial charge in [0.05, 0.1) is 6.54 Å². The van der Waals surface area contributed by atoms with Gasteiger partial charge in [-0.3, -0.25) is 14.6 Å². The maximum Gasteiger partial charge on any atom is 0.234 e. The zero-order chi connectivity index (χ0) is 18.9. The Labute approximate surface area is 162 Å². The first-order valence-corrected chi connectivity index (χ1v) is 10.3. The number of nitrogens with two attached hydrogens (primary N) is 1. The lowest BCUT2D eigenvalue weighted by molar-refractivity contribution is -0.122. The molecular weight excluding hydrogens is 340 g/mol. The second-order valence-electron chi connectivity index (χ2n) is 7.71. The van der Waals surface area contributed by atoms with E-state index in [-0.39, 0.29) is 5.91 Å². The van der Waals surface area contributed by atoms with Crippen molar-refractivity contribution in [3.63, 3.8) is 0 Å². The van der Waals surface area contributed by atoms with Crippen molar-refractivity contribution in [2.24, 2.45) is 11.7 Å². The number of rotatable bonds is 8. The maximum absolute atomic E-state index is 12.0. The molecule has 0 aromatic carbocycles. The fourth-order valence-electron chi connectivity index (χ4n) is 4.10. The molecule has 3 rings (SSSR count). The molecule has 1 aromatic heterocycles. The zero-order valence-corrected chi connectivity index (χ0v) is 16.4. The molecule has 27 heavy (non-hydrogen) atoms. The summed E-state index contributed by atoms with van der Waals surface area (Å²) in [6.07, 6.45) is 5.17. The van der Waals surface area contributed by atoms with E-state index in [4.69, 9.17) is 5.73 Å². The molecule has 0 radical (unpaired) electrons. The van der Waals surface area contributed by atoms with E-state index < -0.39 is 0 Å². The summed E-state index contributed by atoms with van der Waals surface area (Å²) in [7, 11) is 0. The second kappa shape index (κ2) is 10.6. The van der Waals surface area contributed by atoms with E-state index in [9.17, 15) is 4.79 Å². The Morgan fingerprint density at radius 2 is 2.04 bits per heavy atom. The topological polar surface area (TPSA) is 77.7 Å². The summed E-state index contributed by atoms with van der Waals surface area (Å²) in [5, 5.41) is 2.97. The van der Waals surface area contributed by atoms with Crippen LogP contribution in [0.3, 0.4) is 0 Å². The van der Waals surface area contributed by atoms with Crippen molar-refractivity contribution >= 4 is 11.7 Å². The second-order valence-corrected chi connectivity index (χ2v) is 7.71. The van der Waals surface area contributed by atoms with Crippen LogP contribution in [-0.2, 0) is 4.79 Å². The van der Waals surface area contributed by atoms with Crippen molar-refractivity contribution in [3.8, 4) is 0 Å². The van der Waals surface area contributed by atoms with Crippen LogP contribution in [0.2, 0.25) is 0 Å². The maximum atomic E-state index is 12.0. The van der Waals surface area contributed by atoms with Crippen molar-refractivity contribution in [1.82, 2.24) is 20.1 Å². The number of pyridine rings is 1. The number of amides is 1. The Morgan fingerprint density at radius 1 is 1.19 bits per heavy atom. The number of carbonyl (C=O) groups is 1. The number of nitrogens with one attached hydrogen (secondary N) is 1. The van der Waals surface area contributed by atoms with Crippen LogP contribution in [0.15, 0.2) is 24.4 Å². The molecule has 1 atom stereocenters. The predicted molar refractivity (Wildman–Crippen MR) is 109 cm³/mol. The SMILES string of the molecule is NCCCNC(=O)CN1CCCC(CN2CCN(c3ccccn3)CC2)C1. The number of likely N-dealkylation sites (tertiary alicyclic amines) is 1. The third kappa shape index (κ3) is 6.45. The quantitative estimate of drug-likeness (QED) is 0.641. The molecule has 0 saturated carbocycles. The molecular formula is C20H34N6O. The van der Waals surface area contributed by atoms with Crippen LogP contribution in [0.4, 0.5) is 5.82 Å². The van der Waals surface area contributed by atoms with E-state index in [0.717, 1.165) is 58.1 Å². The Morgan fingerprint density at radius 3 is 2.78 bits per heavy atom. The first-order chi connectivity index (χ1) is 13.2. The van der Waals surface area contributed by atoms with Crippen LogP contribution in [0.1, 0.15) is 19.3 Å². The highest BCUT2D eigenvalue weighted by molar-refractivity contribution is 5.77. The third-order valence-electron chi connectivity index (χ3n) is 5.54. The number of carbonyl (C=O) groups excluding carboxylic acids is 1. The Bertz CT molecular complexity index is 561. The number of piperazine rings is 1. The molecule has 1 aromatic rings. The van der Waals surface area contributed by atoms with Gasteiger partial charge in [-0.05, 0) is 50.4 Å². The highest BCUT2D eigenvalue weighted by atomic mass is 16.2. The summed E-state index contributed by atoms with van der Waals surface area (Å²) in [5.74, 6) is 1.88. The Kier molecular flexibility index (Phi) is 7.86. The number of piperidine rings is 1. The monoisotopic (exact) mass is 374 g/mol. The van der Waals surface area contributed by atoms with Gasteiger partial charge in [0.25, 0.3) is 0 Å². The molecule has 0 spiro atoms. The van der Waals surface area contributed by atoms with E-state index >= 15 is 0 Å². The van der Waals surface area contributed by atoms with Crippen LogP contribution in [0.25, 0.3) is 0 Å². The molecule has 150 valence electrons. The minimum Gasteiger partial charge on any atom is -0.355 e. The summed E-state index contributed by atoms with van der Waals surface area (Å²) >= 11 is 0. The molecule has 1 unspecified atom stereocenters. The molecule has 0 aliphatic carbocycles. The van der Waals surface area contributed by atoms with E-state index in [0.29, 0.717) is 25.6 Å². The van der Waals surface area contributed by atoms with Gasteiger partial charge in [-0.1, -0.05) is 6.07 Å². The van der Waals surface area contributed by atoms with E-state index in [1.54, 1.807) is 0 Å². The van der Waals surface area contributed by atoms with Gasteiger partial charge in [0, 0.05) is 52.0 Å². The predicted octanol–water partition coefficient (Wildman–Crippen LogP) is 0.381. The smallest absolute Gasteiger partial charge is 0.234 e. The molecule has 7 heteroatoms. The van der Waals surface area contributed by atoms with Gasteiger partial charge in [-0.2, -0.15) is 0 Å². The lowest BCUT2D eigenvalue weighted by Crippen LogP contribution is -2.50. The standard InChI is InChI=1S/C20H34N6O/c21-7-4-9-23-20(27)17-25-10-3-5-18(16-25)15-24-11-13-26(14-12-24)19-6-1-2-8-22-19/h1-2,6,8,18H,3-5,7,9-17,21H2,(H,23,27). The van der Waals surface area contributed by atoms with E-state index in [2.05, 4.69) is 37.1 Å². The van der Waals surface area contributed by atoms with Gasteiger partial charge >= 0.3 is 0 Å². The molecule has 3 heterocycles. The highest BCUT2D eigenvalue weighted by Crippen LogP contribution is 2.19. The van der Waals surface area contributed by atoms with E-state index in [1.807, 2.05) is 12.3 Å². The van der Waals surface area contributed by atoms with Crippen LogP contribution in [0, 0.1) is 5.92 Å². The van der Waals surface area contributed by atoms with Gasteiger partial charge < -0.3 is 16.0 Å². The van der Waals surface area contributed by atoms with Crippen molar-refractivity contribution < 1.29 is 4.79 Å². The fourth-order valence-corrected chi connectivity index (χ4v) is 4.10. The van der Waals surface area contributed by atoms with Crippen molar-refractivity contribution in [2.75, 3.05) is 70.3 Å². The summed E-state index contributed by atoms with van der Waals surface area (Å²) < 4.78 is 0. The Hall–Kier alpha value is -1.70. The van der Waals surface area contributed by atoms with Crippen molar-refractivity contribution in [3.05, 3.63) is 24.4 Å². The van der Waals surface area contributed by atoms with Crippen molar-refractivity contribution in [2.45, 2.75) is 19.3 Å². The average molecular weight is 375 g/mol. The molecule has 2 aliphatic heterocycles. The average Bonchev–Trinajstić information content (AvgIpc) is 2.70. The van der Waals surface area contributed by atoms with Gasteiger partial charge in [0.1, 0.15) is 5.82 Å². The molecule has 3 N–H and O–H groups in total. The van der Waals surface area contributed by atoms with Crippen LogP contribution in [-0.4, -0.2) is 86.1 Å². The molecule has 2 fully saturated rings. The lowest BCUT2D eigenvalue weighted by atomic mass is 9.97. The van der Waals surface area contributed by atoms with Gasteiger partial charge in [0.15, 0.2) is 0 Å². The largest absolute Gasteiger partial charge is 0.355 e. The molecule has 2 aliphatic rings. The number of anilines is 1. The van der Waals surface area contributed by atoms with Gasteiger partial charge in [-0.15, -0.1) is 0 Å². The molecule has 7 nitrogen and oxygen atoms in total. The zero-order valence-electron chi connectivity index (χ0n) is 16.4. The number of hydrogen-bond donors (Lipinski definition) is 2. The Balaban J connectivity index is 1.38. The summed E-state index contributed by atoms with van der Waals surface area (Å²) in [4.78, 5) is 23.8. The van der Waals surface area contributed by atoms with Crippen LogP contribution >= 0.6 is 0 Å². The summed E-state index contributed by atoms with van der Waals surface area (Å²) in [6, 6.07) is 6.11. The summed E-state index contributed by atoms with van der Waals surface area (Å²) in [6.45, 7) is 9.30. The molecule has 0 bridgehead atoms. The van der Waals surface area contributed by atoms with Gasteiger partial charge in [0.2, 0.25) is 5.91 Å². The molecule has 2 saturated heterocycles. The summed E-state index contributed by atoms with van der Waals surface area (Å²) in [5.41, 5.74) is 5.47. The number of aromatic nitrogens is 1. The number of hydrogen-bond acceptors (Lipinski definition) is 6. The minimum atomic E-state index is 0.132. The van der Waals surface area contributed by atoms with Crippen LogP contribution in [0.5, 0.6) is 0 Å². The third-order valence-corrected chi connectivity index (χ3v) is 5.54. The van der Waals surface area contributed by atoms with Crippen LogP contribution < -0.4 is 16.0 Å². The van der Waals surface area contributed by atoms with Crippen molar-refractivity contribution in [1.29, 1.82) is 0 Å².